The Labute approximate surface area is 217 Å². The predicted octanol–water partition coefficient (Wildman–Crippen LogP) is 5.62. The molecule has 0 fully saturated rings. The topological polar surface area (TPSA) is 85.6 Å². The van der Waals surface area contributed by atoms with Crippen LogP contribution in [0.15, 0.2) is 96.2 Å². The van der Waals surface area contributed by atoms with Crippen LogP contribution in [-0.4, -0.2) is 27.9 Å². The third kappa shape index (κ3) is 7.15. The van der Waals surface area contributed by atoms with Crippen LogP contribution in [0, 0.1) is 0 Å². The van der Waals surface area contributed by atoms with Gasteiger partial charge in [0.1, 0.15) is 5.75 Å². The summed E-state index contributed by atoms with van der Waals surface area (Å²) in [5.41, 5.74) is 5.09. The van der Waals surface area contributed by atoms with Gasteiger partial charge in [-0.3, -0.25) is 9.48 Å². The average Bonchev–Trinajstić information content (AvgIpc) is 3.35. The van der Waals surface area contributed by atoms with E-state index < -0.39 is 11.9 Å². The van der Waals surface area contributed by atoms with Crippen molar-refractivity contribution in [1.82, 2.24) is 15.2 Å². The van der Waals surface area contributed by atoms with Gasteiger partial charge < -0.3 is 4.74 Å². The molecule has 180 valence electrons. The van der Waals surface area contributed by atoms with Crippen LogP contribution < -0.4 is 10.2 Å². The molecule has 1 N–H and O–H groups in total. The molecule has 0 saturated heterocycles. The average molecular weight is 519 g/mol. The van der Waals surface area contributed by atoms with E-state index in [0.29, 0.717) is 27.9 Å². The van der Waals surface area contributed by atoms with Crippen LogP contribution in [0.2, 0.25) is 10.0 Å². The second-order valence-corrected chi connectivity index (χ2v) is 8.41. The summed E-state index contributed by atoms with van der Waals surface area (Å²) in [4.78, 5) is 24.3. The number of carbonyl (C=O) groups excluding carboxylic acids is 2. The van der Waals surface area contributed by atoms with Crippen molar-refractivity contribution in [2.75, 3.05) is 0 Å². The van der Waals surface area contributed by atoms with Crippen molar-refractivity contribution in [2.24, 2.45) is 5.10 Å². The first-order valence-electron chi connectivity index (χ1n) is 10.8. The summed E-state index contributed by atoms with van der Waals surface area (Å²) < 4.78 is 6.88. The number of ether oxygens (including phenoxy) is 1. The van der Waals surface area contributed by atoms with Crippen LogP contribution in [0.25, 0.3) is 6.08 Å². The summed E-state index contributed by atoms with van der Waals surface area (Å²) in [6.45, 7) is 0.394. The fourth-order valence-corrected chi connectivity index (χ4v) is 3.59. The molecule has 0 radical (unpaired) electrons. The number of aromatic nitrogens is 2. The summed E-state index contributed by atoms with van der Waals surface area (Å²) in [6.07, 6.45) is 6.20. The van der Waals surface area contributed by atoms with Crippen molar-refractivity contribution in [3.63, 3.8) is 0 Å². The van der Waals surface area contributed by atoms with Gasteiger partial charge in [-0.25, -0.2) is 10.2 Å². The van der Waals surface area contributed by atoms with Gasteiger partial charge in [-0.2, -0.15) is 10.2 Å². The first-order chi connectivity index (χ1) is 17.5. The van der Waals surface area contributed by atoms with E-state index in [1.807, 2.05) is 36.4 Å². The molecule has 1 heterocycles. The van der Waals surface area contributed by atoms with E-state index in [9.17, 15) is 9.59 Å². The quantitative estimate of drug-likeness (QED) is 0.108. The Kier molecular flexibility index (Phi) is 8.28. The smallest absolute Gasteiger partial charge is 0.336 e. The Morgan fingerprint density at radius 2 is 1.75 bits per heavy atom. The third-order valence-corrected chi connectivity index (χ3v) is 5.50. The first kappa shape index (κ1) is 24.9. The minimum Gasteiger partial charge on any atom is -0.423 e. The Morgan fingerprint density at radius 3 is 2.50 bits per heavy atom. The van der Waals surface area contributed by atoms with E-state index in [1.54, 1.807) is 59.4 Å². The second kappa shape index (κ2) is 12.0. The predicted molar refractivity (Wildman–Crippen MR) is 140 cm³/mol. The van der Waals surface area contributed by atoms with Crippen molar-refractivity contribution in [3.05, 3.63) is 124 Å². The molecule has 3 aromatic carbocycles. The van der Waals surface area contributed by atoms with Gasteiger partial charge in [0, 0.05) is 22.3 Å². The summed E-state index contributed by atoms with van der Waals surface area (Å²) in [5, 5.41) is 9.29. The minimum absolute atomic E-state index is 0.211. The van der Waals surface area contributed by atoms with Crippen molar-refractivity contribution in [3.8, 4) is 5.75 Å². The molecule has 1 amide bonds. The SMILES string of the molecule is O=C(C=Cc1ccccc1)Oc1ccc(C=NNC(=O)c2ccn(Cc3ccc(Cl)cc3Cl)n2)cc1. The van der Waals surface area contributed by atoms with E-state index >= 15 is 0 Å². The molecule has 0 unspecified atom stereocenters. The number of carbonyl (C=O) groups is 2. The van der Waals surface area contributed by atoms with Crippen molar-refractivity contribution < 1.29 is 14.3 Å². The molecule has 0 saturated carbocycles. The first-order valence-corrected chi connectivity index (χ1v) is 11.6. The molecule has 0 spiro atoms. The van der Waals surface area contributed by atoms with Crippen molar-refractivity contribution in [1.29, 1.82) is 0 Å². The Hall–Kier alpha value is -4.20. The van der Waals surface area contributed by atoms with Crippen LogP contribution in [0.3, 0.4) is 0 Å². The highest BCUT2D eigenvalue weighted by Crippen LogP contribution is 2.21. The fourth-order valence-electron chi connectivity index (χ4n) is 3.12. The molecular formula is C27H20Cl2N4O3. The summed E-state index contributed by atoms with van der Waals surface area (Å²) in [5.74, 6) is -0.543. The second-order valence-electron chi connectivity index (χ2n) is 7.57. The molecule has 1 aromatic heterocycles. The largest absolute Gasteiger partial charge is 0.423 e. The molecular weight excluding hydrogens is 499 g/mol. The number of halogens is 2. The van der Waals surface area contributed by atoms with Crippen LogP contribution in [0.4, 0.5) is 0 Å². The molecule has 7 nitrogen and oxygen atoms in total. The lowest BCUT2D eigenvalue weighted by Gasteiger charge is -2.05. The van der Waals surface area contributed by atoms with Gasteiger partial charge >= 0.3 is 5.97 Å². The van der Waals surface area contributed by atoms with Crippen LogP contribution in [-0.2, 0) is 11.3 Å². The van der Waals surface area contributed by atoms with Gasteiger partial charge in [0.15, 0.2) is 5.69 Å². The lowest BCUT2D eigenvalue weighted by atomic mass is 10.2. The number of nitrogens with zero attached hydrogens (tertiary/aromatic N) is 3. The maximum atomic E-state index is 12.3. The van der Waals surface area contributed by atoms with Gasteiger partial charge in [-0.15, -0.1) is 0 Å². The number of amides is 1. The molecule has 0 aliphatic carbocycles. The zero-order valence-electron chi connectivity index (χ0n) is 18.8. The lowest BCUT2D eigenvalue weighted by molar-refractivity contribution is -0.128. The lowest BCUT2D eigenvalue weighted by Crippen LogP contribution is -2.18. The number of hydrogen-bond donors (Lipinski definition) is 1. The molecule has 0 aliphatic rings. The minimum atomic E-state index is -0.481. The Balaban J connectivity index is 1.27. The van der Waals surface area contributed by atoms with E-state index in [2.05, 4.69) is 15.6 Å². The van der Waals surface area contributed by atoms with E-state index in [4.69, 9.17) is 27.9 Å². The van der Waals surface area contributed by atoms with E-state index in [0.717, 1.165) is 11.1 Å². The van der Waals surface area contributed by atoms with Crippen LogP contribution >= 0.6 is 23.2 Å². The zero-order chi connectivity index (χ0) is 25.3. The maximum absolute atomic E-state index is 12.3. The molecule has 9 heteroatoms. The number of nitrogens with one attached hydrogen (secondary N) is 1. The van der Waals surface area contributed by atoms with Crippen LogP contribution in [0.5, 0.6) is 5.75 Å². The molecule has 0 atom stereocenters. The molecule has 0 bridgehead atoms. The highest BCUT2D eigenvalue weighted by atomic mass is 35.5. The molecule has 0 aliphatic heterocycles. The molecule has 4 aromatic rings. The van der Waals surface area contributed by atoms with Gasteiger partial charge in [0.2, 0.25) is 0 Å². The number of hydrogen-bond acceptors (Lipinski definition) is 5. The molecule has 4 rings (SSSR count). The van der Waals surface area contributed by atoms with Crippen molar-refractivity contribution in [2.45, 2.75) is 6.54 Å². The monoisotopic (exact) mass is 518 g/mol. The van der Waals surface area contributed by atoms with Crippen molar-refractivity contribution >= 4 is 47.4 Å². The number of hydrazone groups is 1. The number of benzene rings is 3. The van der Waals surface area contributed by atoms with E-state index in [1.165, 1.54) is 12.3 Å². The Morgan fingerprint density at radius 1 is 0.972 bits per heavy atom. The van der Waals surface area contributed by atoms with Gasteiger partial charge in [-0.1, -0.05) is 59.6 Å². The zero-order valence-corrected chi connectivity index (χ0v) is 20.4. The van der Waals surface area contributed by atoms with Gasteiger partial charge in [0.25, 0.3) is 5.91 Å². The fraction of sp³-hybridized carbons (Fsp3) is 0.0370. The normalized spacial score (nSPS) is 11.2. The highest BCUT2D eigenvalue weighted by molar-refractivity contribution is 6.35. The summed E-state index contributed by atoms with van der Waals surface area (Å²) in [6, 6.07) is 23.0. The Bertz CT molecular complexity index is 1410. The summed E-state index contributed by atoms with van der Waals surface area (Å²) in [7, 11) is 0. The number of esters is 1. The number of rotatable bonds is 8. The van der Waals surface area contributed by atoms with Gasteiger partial charge in [0.05, 0.1) is 12.8 Å². The standard InChI is InChI=1S/C27H20Cl2N4O3/c28-22-10-9-21(24(29)16-22)18-33-15-14-25(32-33)27(35)31-30-17-20-6-11-23(12-7-20)36-26(34)13-8-19-4-2-1-3-5-19/h1-17H,18H2,(H,31,35). The van der Waals surface area contributed by atoms with Gasteiger partial charge in [-0.05, 0) is 65.2 Å². The van der Waals surface area contributed by atoms with Crippen LogP contribution in [0.1, 0.15) is 27.2 Å². The maximum Gasteiger partial charge on any atom is 0.336 e. The third-order valence-electron chi connectivity index (χ3n) is 4.91. The van der Waals surface area contributed by atoms with E-state index in [-0.39, 0.29) is 5.69 Å². The summed E-state index contributed by atoms with van der Waals surface area (Å²) >= 11 is 12.1. The highest BCUT2D eigenvalue weighted by Gasteiger charge is 2.10. The molecule has 36 heavy (non-hydrogen) atoms.